The first-order valence-electron chi connectivity index (χ1n) is 5.85. The fourth-order valence-electron chi connectivity index (χ4n) is 2.21. The molecule has 0 spiro atoms. The molecule has 18 heavy (non-hydrogen) atoms. The topological polar surface area (TPSA) is 49.8 Å². The van der Waals surface area contributed by atoms with Gasteiger partial charge in [0.2, 0.25) is 5.91 Å². The van der Waals surface area contributed by atoms with E-state index in [0.29, 0.717) is 19.5 Å². The lowest BCUT2D eigenvalue weighted by molar-refractivity contribution is -0.128. The zero-order valence-corrected chi connectivity index (χ0v) is 11.8. The van der Waals surface area contributed by atoms with Crippen LogP contribution < -0.4 is 4.74 Å². The molecule has 1 aliphatic heterocycles. The largest absolute Gasteiger partial charge is 0.496 e. The average Bonchev–Trinajstić information content (AvgIpc) is 2.71. The number of halogens is 1. The third-order valence-electron chi connectivity index (χ3n) is 3.16. The van der Waals surface area contributed by atoms with E-state index in [0.717, 1.165) is 15.8 Å². The number of carbonyl (C=O) groups is 1. The van der Waals surface area contributed by atoms with Crippen LogP contribution in [-0.2, 0) is 11.3 Å². The van der Waals surface area contributed by atoms with E-state index in [1.54, 1.807) is 12.0 Å². The Kier molecular flexibility index (Phi) is 4.24. The number of methoxy groups -OCH3 is 1. The molecule has 1 aromatic rings. The lowest BCUT2D eigenvalue weighted by Gasteiger charge is -2.18. The molecule has 1 N–H and O–H groups in total. The van der Waals surface area contributed by atoms with Gasteiger partial charge in [-0.15, -0.1) is 0 Å². The second kappa shape index (κ2) is 5.71. The highest BCUT2D eigenvalue weighted by atomic mass is 79.9. The van der Waals surface area contributed by atoms with Gasteiger partial charge in [-0.25, -0.2) is 0 Å². The van der Waals surface area contributed by atoms with Crippen molar-refractivity contribution >= 4 is 21.8 Å². The van der Waals surface area contributed by atoms with Crippen molar-refractivity contribution in [2.45, 2.75) is 13.0 Å². The lowest BCUT2D eigenvalue weighted by Crippen LogP contribution is -2.25. The Hall–Kier alpha value is -1.07. The van der Waals surface area contributed by atoms with Crippen molar-refractivity contribution in [3.8, 4) is 5.75 Å². The maximum Gasteiger partial charge on any atom is 0.223 e. The number of likely N-dealkylation sites (tertiary alicyclic amines) is 1. The number of aliphatic hydroxyl groups excluding tert-OH is 1. The summed E-state index contributed by atoms with van der Waals surface area (Å²) in [5, 5.41) is 9.10. The monoisotopic (exact) mass is 313 g/mol. The number of rotatable bonds is 4. The van der Waals surface area contributed by atoms with E-state index in [1.807, 2.05) is 18.2 Å². The molecular weight excluding hydrogens is 298 g/mol. The first-order valence-corrected chi connectivity index (χ1v) is 6.64. The van der Waals surface area contributed by atoms with E-state index in [-0.39, 0.29) is 18.4 Å². The molecule has 1 aliphatic rings. The first kappa shape index (κ1) is 13.4. The summed E-state index contributed by atoms with van der Waals surface area (Å²) in [6.07, 6.45) is 0.437. The van der Waals surface area contributed by atoms with E-state index in [1.165, 1.54) is 0 Å². The van der Waals surface area contributed by atoms with E-state index in [9.17, 15) is 4.79 Å². The molecule has 98 valence electrons. The second-order valence-electron chi connectivity index (χ2n) is 4.48. The predicted octanol–water partition coefficient (Wildman–Crippen LogP) is 1.80. The summed E-state index contributed by atoms with van der Waals surface area (Å²) < 4.78 is 6.25. The van der Waals surface area contributed by atoms with Gasteiger partial charge in [-0.05, 0) is 18.2 Å². The SMILES string of the molecule is COc1ccc(Br)cc1CN1CC(CO)CC1=O. The van der Waals surface area contributed by atoms with Gasteiger partial charge in [-0.2, -0.15) is 0 Å². The van der Waals surface area contributed by atoms with Crippen molar-refractivity contribution in [3.63, 3.8) is 0 Å². The van der Waals surface area contributed by atoms with Gasteiger partial charge in [0, 0.05) is 42.1 Å². The van der Waals surface area contributed by atoms with Gasteiger partial charge in [0.1, 0.15) is 5.75 Å². The summed E-state index contributed by atoms with van der Waals surface area (Å²) in [6, 6.07) is 5.74. The molecule has 0 aliphatic carbocycles. The Balaban J connectivity index is 2.14. The van der Waals surface area contributed by atoms with E-state index in [2.05, 4.69) is 15.9 Å². The van der Waals surface area contributed by atoms with Crippen LogP contribution in [0.15, 0.2) is 22.7 Å². The maximum atomic E-state index is 11.8. The molecule has 4 nitrogen and oxygen atoms in total. The third-order valence-corrected chi connectivity index (χ3v) is 3.65. The Morgan fingerprint density at radius 2 is 2.33 bits per heavy atom. The van der Waals surface area contributed by atoms with E-state index < -0.39 is 0 Å². The van der Waals surface area contributed by atoms with Crippen LogP contribution >= 0.6 is 15.9 Å². The molecule has 0 saturated carbocycles. The summed E-state index contributed by atoms with van der Waals surface area (Å²) in [5.74, 6) is 0.935. The zero-order valence-electron chi connectivity index (χ0n) is 10.2. The summed E-state index contributed by atoms with van der Waals surface area (Å²) >= 11 is 3.42. The van der Waals surface area contributed by atoms with Crippen LogP contribution in [0.1, 0.15) is 12.0 Å². The molecular formula is C13H16BrNO3. The quantitative estimate of drug-likeness (QED) is 0.922. The summed E-state index contributed by atoms with van der Waals surface area (Å²) in [7, 11) is 1.62. The van der Waals surface area contributed by atoms with Gasteiger partial charge >= 0.3 is 0 Å². The smallest absolute Gasteiger partial charge is 0.223 e. The number of hydrogen-bond acceptors (Lipinski definition) is 3. The molecule has 1 unspecified atom stereocenters. The van der Waals surface area contributed by atoms with E-state index >= 15 is 0 Å². The average molecular weight is 314 g/mol. The second-order valence-corrected chi connectivity index (χ2v) is 5.40. The molecule has 0 bridgehead atoms. The zero-order chi connectivity index (χ0) is 13.1. The number of amides is 1. The fraction of sp³-hybridized carbons (Fsp3) is 0.462. The molecule has 0 radical (unpaired) electrons. The number of ether oxygens (including phenoxy) is 1. The van der Waals surface area contributed by atoms with Crippen molar-refractivity contribution in [3.05, 3.63) is 28.2 Å². The van der Waals surface area contributed by atoms with Crippen LogP contribution in [0.3, 0.4) is 0 Å². The minimum atomic E-state index is 0.0654. The number of carbonyl (C=O) groups excluding carboxylic acids is 1. The summed E-state index contributed by atoms with van der Waals surface area (Å²) in [4.78, 5) is 13.6. The van der Waals surface area contributed by atoms with Gasteiger partial charge in [0.25, 0.3) is 0 Å². The number of benzene rings is 1. The molecule has 1 atom stereocenters. The summed E-state index contributed by atoms with van der Waals surface area (Å²) in [5.41, 5.74) is 0.971. The van der Waals surface area contributed by atoms with Crippen molar-refractivity contribution in [2.75, 3.05) is 20.3 Å². The van der Waals surface area contributed by atoms with Gasteiger partial charge < -0.3 is 14.7 Å². The van der Waals surface area contributed by atoms with Crippen molar-refractivity contribution in [1.29, 1.82) is 0 Å². The molecule has 0 aromatic heterocycles. The van der Waals surface area contributed by atoms with Gasteiger partial charge in [-0.1, -0.05) is 15.9 Å². The normalized spacial score (nSPS) is 19.4. The standard InChI is InChI=1S/C13H16BrNO3/c1-18-12-3-2-11(14)5-10(12)7-15-6-9(8-16)4-13(15)17/h2-3,5,9,16H,4,6-8H2,1H3. The van der Waals surface area contributed by atoms with Crippen molar-refractivity contribution < 1.29 is 14.6 Å². The predicted molar refractivity (Wildman–Crippen MR) is 71.3 cm³/mol. The van der Waals surface area contributed by atoms with Gasteiger partial charge in [-0.3, -0.25) is 4.79 Å². The van der Waals surface area contributed by atoms with Crippen molar-refractivity contribution in [1.82, 2.24) is 4.90 Å². The van der Waals surface area contributed by atoms with Crippen LogP contribution in [-0.4, -0.2) is 36.2 Å². The van der Waals surface area contributed by atoms with Crippen LogP contribution in [0.2, 0.25) is 0 Å². The van der Waals surface area contributed by atoms with Crippen LogP contribution in [0.25, 0.3) is 0 Å². The Labute approximate surface area is 115 Å². The number of nitrogens with zero attached hydrogens (tertiary/aromatic N) is 1. The van der Waals surface area contributed by atoms with Gasteiger partial charge in [0.15, 0.2) is 0 Å². The highest BCUT2D eigenvalue weighted by Gasteiger charge is 2.29. The van der Waals surface area contributed by atoms with Crippen LogP contribution in [0, 0.1) is 5.92 Å². The molecule has 1 heterocycles. The van der Waals surface area contributed by atoms with Gasteiger partial charge in [0.05, 0.1) is 7.11 Å². The Morgan fingerprint density at radius 1 is 1.56 bits per heavy atom. The minimum absolute atomic E-state index is 0.0654. The summed E-state index contributed by atoms with van der Waals surface area (Å²) in [6.45, 7) is 1.21. The lowest BCUT2D eigenvalue weighted by atomic mass is 10.1. The van der Waals surface area contributed by atoms with Crippen LogP contribution in [0.4, 0.5) is 0 Å². The third kappa shape index (κ3) is 2.84. The number of aliphatic hydroxyl groups is 1. The Morgan fingerprint density at radius 3 is 2.94 bits per heavy atom. The van der Waals surface area contributed by atoms with Crippen LogP contribution in [0.5, 0.6) is 5.75 Å². The molecule has 5 heteroatoms. The van der Waals surface area contributed by atoms with E-state index in [4.69, 9.17) is 9.84 Å². The maximum absolute atomic E-state index is 11.8. The number of hydrogen-bond donors (Lipinski definition) is 1. The molecule has 1 aromatic carbocycles. The molecule has 1 fully saturated rings. The minimum Gasteiger partial charge on any atom is -0.496 e. The fourth-order valence-corrected chi connectivity index (χ4v) is 2.61. The highest BCUT2D eigenvalue weighted by Crippen LogP contribution is 2.27. The first-order chi connectivity index (χ1) is 8.63. The molecule has 2 rings (SSSR count). The van der Waals surface area contributed by atoms with Crippen molar-refractivity contribution in [2.24, 2.45) is 5.92 Å². The molecule has 1 saturated heterocycles. The Bertz CT molecular complexity index is 450. The molecule has 1 amide bonds. The highest BCUT2D eigenvalue weighted by molar-refractivity contribution is 9.10.